The summed E-state index contributed by atoms with van der Waals surface area (Å²) in [4.78, 5) is 23.1. The second kappa shape index (κ2) is 40.3. The molecule has 0 aliphatic rings. The third kappa shape index (κ3) is 42.8. The number of rotatable bonds is 38. The van der Waals surface area contributed by atoms with Crippen LogP contribution in [0.1, 0.15) is 136 Å². The Morgan fingerprint density at radius 1 is 0.593 bits per heavy atom. The largest absolute Gasteiger partial charge is 0.472 e. The Hall–Kier alpha value is -3.10. The third-order valence-corrected chi connectivity index (χ3v) is 9.88. The van der Waals surface area contributed by atoms with Crippen LogP contribution in [0.5, 0.6) is 0 Å². The number of carbonyl (C=O) groups is 1. The van der Waals surface area contributed by atoms with Gasteiger partial charge in [0.1, 0.15) is 13.2 Å². The summed E-state index contributed by atoms with van der Waals surface area (Å²) in [7, 11) is 1.48. The normalized spacial score (nSPS) is 15.4. The molecular formula is C50H84N2O6P+. The first-order valence-corrected chi connectivity index (χ1v) is 23.9. The molecule has 0 rings (SSSR count). The minimum atomic E-state index is -4.37. The number of phosphoric acid groups is 1. The van der Waals surface area contributed by atoms with E-state index in [4.69, 9.17) is 9.05 Å². The SMILES string of the molecule is CC/C=C\C/C=C\C/C=C\C/C=C\C/C=C\C/C=C\C/C=C\CCCC(=O)NC(COP(=O)(O)OCC[N+](C)(C)C)C(O)/C=C/CC/C=C/CC/C=C/CCCCCC. The lowest BCUT2D eigenvalue weighted by Crippen LogP contribution is -2.45. The van der Waals surface area contributed by atoms with Gasteiger partial charge >= 0.3 is 7.82 Å². The van der Waals surface area contributed by atoms with Crippen LogP contribution in [0, 0.1) is 0 Å². The summed E-state index contributed by atoms with van der Waals surface area (Å²) in [5, 5.41) is 13.7. The number of likely N-dealkylation sites (N-methyl/N-ethyl adjacent to an activating group) is 1. The van der Waals surface area contributed by atoms with Crippen molar-refractivity contribution in [2.45, 2.75) is 148 Å². The molecule has 3 unspecified atom stereocenters. The predicted octanol–water partition coefficient (Wildman–Crippen LogP) is 12.7. The minimum absolute atomic E-state index is 0.0349. The molecule has 59 heavy (non-hydrogen) atoms. The fourth-order valence-electron chi connectivity index (χ4n) is 5.35. The molecule has 8 nitrogen and oxygen atoms in total. The first kappa shape index (κ1) is 55.9. The molecule has 0 aliphatic carbocycles. The number of nitrogens with zero attached hydrogens (tertiary/aromatic N) is 1. The zero-order valence-electron chi connectivity index (χ0n) is 37.7. The quantitative estimate of drug-likeness (QED) is 0.0248. The summed E-state index contributed by atoms with van der Waals surface area (Å²) in [6.07, 6.45) is 60.0. The van der Waals surface area contributed by atoms with E-state index in [2.05, 4.69) is 129 Å². The molecule has 3 N–H and O–H groups in total. The van der Waals surface area contributed by atoms with Gasteiger partial charge in [0.2, 0.25) is 5.91 Å². The Kier molecular flexibility index (Phi) is 38.2. The highest BCUT2D eigenvalue weighted by Gasteiger charge is 2.27. The molecule has 0 saturated carbocycles. The van der Waals surface area contributed by atoms with Gasteiger partial charge in [-0.3, -0.25) is 13.8 Å². The lowest BCUT2D eigenvalue weighted by molar-refractivity contribution is -0.870. The first-order chi connectivity index (χ1) is 28.5. The van der Waals surface area contributed by atoms with Crippen LogP contribution in [-0.2, 0) is 18.4 Å². The maximum Gasteiger partial charge on any atom is 0.472 e. The van der Waals surface area contributed by atoms with Gasteiger partial charge in [-0.15, -0.1) is 0 Å². The molecule has 0 aliphatic heterocycles. The van der Waals surface area contributed by atoms with Crippen molar-refractivity contribution >= 4 is 13.7 Å². The van der Waals surface area contributed by atoms with E-state index < -0.39 is 20.0 Å². The monoisotopic (exact) mass is 840 g/mol. The number of carbonyl (C=O) groups excluding carboxylic acids is 1. The molecule has 0 aromatic rings. The number of phosphoric ester groups is 1. The van der Waals surface area contributed by atoms with Crippen molar-refractivity contribution in [2.24, 2.45) is 0 Å². The van der Waals surface area contributed by atoms with Crippen molar-refractivity contribution in [2.75, 3.05) is 40.9 Å². The summed E-state index contributed by atoms with van der Waals surface area (Å²) >= 11 is 0. The predicted molar refractivity (Wildman–Crippen MR) is 253 cm³/mol. The topological polar surface area (TPSA) is 105 Å². The minimum Gasteiger partial charge on any atom is -0.387 e. The number of unbranched alkanes of at least 4 members (excludes halogenated alkanes) is 7. The highest BCUT2D eigenvalue weighted by molar-refractivity contribution is 7.47. The molecule has 0 bridgehead atoms. The van der Waals surface area contributed by atoms with Gasteiger partial charge in [0.05, 0.1) is 39.9 Å². The van der Waals surface area contributed by atoms with Crippen molar-refractivity contribution < 1.29 is 32.9 Å². The molecule has 0 aromatic carbocycles. The summed E-state index contributed by atoms with van der Waals surface area (Å²) in [6, 6.07) is -0.908. The molecule has 3 atom stereocenters. The van der Waals surface area contributed by atoms with Crippen LogP contribution >= 0.6 is 7.82 Å². The smallest absolute Gasteiger partial charge is 0.387 e. The van der Waals surface area contributed by atoms with E-state index in [0.29, 0.717) is 17.4 Å². The van der Waals surface area contributed by atoms with Gasteiger partial charge < -0.3 is 19.8 Å². The number of aliphatic hydroxyl groups excluding tert-OH is 1. The van der Waals surface area contributed by atoms with Crippen LogP contribution in [0.25, 0.3) is 0 Å². The number of amides is 1. The van der Waals surface area contributed by atoms with Crippen LogP contribution in [0.4, 0.5) is 0 Å². The van der Waals surface area contributed by atoms with Gasteiger partial charge in [-0.25, -0.2) is 4.57 Å². The Labute approximate surface area is 361 Å². The molecule has 0 spiro atoms. The molecule has 0 saturated heterocycles. The van der Waals surface area contributed by atoms with Crippen LogP contribution in [0.2, 0.25) is 0 Å². The van der Waals surface area contributed by atoms with Crippen molar-refractivity contribution in [3.63, 3.8) is 0 Å². The number of nitrogens with one attached hydrogen (secondary N) is 1. The molecule has 0 radical (unpaired) electrons. The van der Waals surface area contributed by atoms with Gasteiger partial charge in [-0.1, -0.05) is 155 Å². The van der Waals surface area contributed by atoms with E-state index in [-0.39, 0.29) is 25.5 Å². The molecule has 9 heteroatoms. The summed E-state index contributed by atoms with van der Waals surface area (Å²) in [6.45, 7) is 4.56. The number of aliphatic hydroxyl groups is 1. The Morgan fingerprint density at radius 2 is 1.03 bits per heavy atom. The Morgan fingerprint density at radius 3 is 1.53 bits per heavy atom. The maximum absolute atomic E-state index is 12.8. The van der Waals surface area contributed by atoms with E-state index in [0.717, 1.165) is 83.5 Å². The number of hydrogen-bond acceptors (Lipinski definition) is 5. The van der Waals surface area contributed by atoms with Crippen molar-refractivity contribution in [3.05, 3.63) is 122 Å². The van der Waals surface area contributed by atoms with Crippen molar-refractivity contribution in [1.82, 2.24) is 5.32 Å². The lowest BCUT2D eigenvalue weighted by Gasteiger charge is -2.25. The summed E-state index contributed by atoms with van der Waals surface area (Å²) < 4.78 is 23.5. The zero-order valence-corrected chi connectivity index (χ0v) is 38.6. The fourth-order valence-corrected chi connectivity index (χ4v) is 6.09. The van der Waals surface area contributed by atoms with Crippen molar-refractivity contribution in [3.8, 4) is 0 Å². The van der Waals surface area contributed by atoms with E-state index in [1.54, 1.807) is 6.08 Å². The van der Waals surface area contributed by atoms with E-state index in [9.17, 15) is 19.4 Å². The molecule has 0 aromatic heterocycles. The highest BCUT2D eigenvalue weighted by atomic mass is 31.2. The molecule has 0 fully saturated rings. The van der Waals surface area contributed by atoms with Gasteiger partial charge in [-0.2, -0.15) is 0 Å². The van der Waals surface area contributed by atoms with E-state index in [1.165, 1.54) is 25.7 Å². The van der Waals surface area contributed by atoms with Gasteiger partial charge in [0.15, 0.2) is 0 Å². The van der Waals surface area contributed by atoms with E-state index >= 15 is 0 Å². The average Bonchev–Trinajstić information content (AvgIpc) is 3.19. The van der Waals surface area contributed by atoms with Crippen LogP contribution in [0.3, 0.4) is 0 Å². The molecule has 1 amide bonds. The lowest BCUT2D eigenvalue weighted by atomic mass is 10.1. The first-order valence-electron chi connectivity index (χ1n) is 22.4. The van der Waals surface area contributed by atoms with Crippen LogP contribution in [-0.4, -0.2) is 73.4 Å². The summed E-state index contributed by atoms with van der Waals surface area (Å²) in [5.74, 6) is -0.256. The van der Waals surface area contributed by atoms with Gasteiger partial charge in [0, 0.05) is 6.42 Å². The molecular weight excluding hydrogens is 756 g/mol. The average molecular weight is 840 g/mol. The second-order valence-electron chi connectivity index (χ2n) is 15.7. The van der Waals surface area contributed by atoms with Gasteiger partial charge in [-0.05, 0) is 96.3 Å². The second-order valence-corrected chi connectivity index (χ2v) is 17.1. The maximum atomic E-state index is 12.8. The standard InChI is InChI=1S/C50H83N2O6P/c1-6-8-10-12-14-16-18-20-22-23-24-25-26-27-28-29-30-32-34-36-38-40-42-44-50(54)51-48(47-58-59(55,56)57-46-45-52(3,4)5)49(53)43-41-39-37-35-33-31-21-19-17-15-13-11-9-7-2/h8,10,14,16-17,19-20,22,24-25,27-28,30,32-33,35-36,38,41,43,48-49,53H,6-7,9,11-13,15,18,21,23,26,29,31,34,37,39-40,42,44-47H2,1-5H3,(H-,51,54,55,56)/p+1/b10-8-,16-14-,19-17+,22-20-,25-24-,28-27-,32-30-,35-33+,38-36-,43-41+. The Bertz CT molecular complexity index is 1370. The zero-order chi connectivity index (χ0) is 43.6. The van der Waals surface area contributed by atoms with Gasteiger partial charge in [0.25, 0.3) is 0 Å². The van der Waals surface area contributed by atoms with Crippen molar-refractivity contribution in [1.29, 1.82) is 0 Å². The third-order valence-electron chi connectivity index (χ3n) is 8.89. The van der Waals surface area contributed by atoms with Crippen LogP contribution < -0.4 is 5.32 Å². The van der Waals surface area contributed by atoms with Crippen LogP contribution in [0.15, 0.2) is 122 Å². The fraction of sp³-hybridized carbons (Fsp3) is 0.580. The molecule has 0 heterocycles. The number of quaternary nitrogens is 1. The molecule has 334 valence electrons. The number of hydrogen-bond donors (Lipinski definition) is 3. The highest BCUT2D eigenvalue weighted by Crippen LogP contribution is 2.43. The Balaban J connectivity index is 4.60. The van der Waals surface area contributed by atoms with E-state index in [1.807, 2.05) is 27.2 Å². The number of allylic oxidation sites excluding steroid dienone is 19. The summed E-state index contributed by atoms with van der Waals surface area (Å²) in [5.41, 5.74) is 0.